The number of carbonyl (C=O) groups is 1. The van der Waals surface area contributed by atoms with E-state index in [0.29, 0.717) is 22.4 Å². The van der Waals surface area contributed by atoms with E-state index in [2.05, 4.69) is 103 Å². The zero-order valence-electron chi connectivity index (χ0n) is 32.0. The Morgan fingerprint density at radius 2 is 1.24 bits per heavy atom. The van der Waals surface area contributed by atoms with Crippen LogP contribution >= 0.6 is 11.6 Å². The van der Waals surface area contributed by atoms with Gasteiger partial charge in [0.1, 0.15) is 11.5 Å². The van der Waals surface area contributed by atoms with E-state index >= 15 is 0 Å². The minimum Gasteiger partial charge on any atom is -0.497 e. The summed E-state index contributed by atoms with van der Waals surface area (Å²) < 4.78 is 12.3. The molecule has 0 saturated carbocycles. The largest absolute Gasteiger partial charge is 0.497 e. The van der Waals surface area contributed by atoms with Gasteiger partial charge in [-0.15, -0.1) is 0 Å². The van der Waals surface area contributed by atoms with Crippen molar-refractivity contribution >= 4 is 39.2 Å². The first-order chi connectivity index (χ1) is 24.4. The second-order valence-corrected chi connectivity index (χ2v) is 14.5. The van der Waals surface area contributed by atoms with Crippen LogP contribution < -0.4 is 9.47 Å². The number of hydrogen-bond donors (Lipinski definition) is 0. The topological polar surface area (TPSA) is 40.5 Å². The lowest BCUT2D eigenvalue weighted by Crippen LogP contribution is -2.13. The summed E-state index contributed by atoms with van der Waals surface area (Å²) in [5.41, 5.74) is 7.93. The zero-order chi connectivity index (χ0) is 37.2. The van der Waals surface area contributed by atoms with Crippen molar-refractivity contribution in [2.45, 2.75) is 80.1 Å². The van der Waals surface area contributed by atoms with E-state index in [4.69, 9.17) is 21.1 Å². The minimum absolute atomic E-state index is 0.0472. The number of ether oxygens (including phenoxy) is 2. The number of aromatic nitrogens is 1. The molecule has 0 radical (unpaired) electrons. The maximum atomic E-state index is 13.0. The van der Waals surface area contributed by atoms with E-state index < -0.39 is 0 Å². The fourth-order valence-electron chi connectivity index (χ4n) is 6.26. The third-order valence-corrected chi connectivity index (χ3v) is 9.47. The Hall–Kier alpha value is -4.54. The summed E-state index contributed by atoms with van der Waals surface area (Å²) in [6.07, 6.45) is 2.05. The first-order valence-electron chi connectivity index (χ1n) is 18.0. The highest BCUT2D eigenvalue weighted by Crippen LogP contribution is 2.31. The molecule has 0 spiro atoms. The number of methoxy groups -OCH3 is 2. The van der Waals surface area contributed by atoms with Gasteiger partial charge in [0.05, 0.1) is 19.7 Å². The molecule has 0 saturated heterocycles. The van der Waals surface area contributed by atoms with Crippen LogP contribution in [0.3, 0.4) is 0 Å². The normalized spacial score (nSPS) is 11.0. The van der Waals surface area contributed by atoms with E-state index in [-0.39, 0.29) is 5.91 Å². The number of rotatable bonds is 8. The van der Waals surface area contributed by atoms with Crippen LogP contribution in [0, 0.1) is 12.8 Å². The maximum absolute atomic E-state index is 13.0. The van der Waals surface area contributed by atoms with Gasteiger partial charge in [0.15, 0.2) is 0 Å². The average Bonchev–Trinajstić information content (AvgIpc) is 3.41. The van der Waals surface area contributed by atoms with Crippen LogP contribution in [0.15, 0.2) is 103 Å². The van der Waals surface area contributed by atoms with Crippen molar-refractivity contribution in [3.8, 4) is 11.5 Å². The Kier molecular flexibility index (Phi) is 13.9. The molecule has 0 N–H and O–H groups in total. The molecular weight excluding hydrogens is 650 g/mol. The quantitative estimate of drug-likeness (QED) is 0.158. The molecule has 1 aromatic heterocycles. The molecule has 4 nitrogen and oxygen atoms in total. The summed E-state index contributed by atoms with van der Waals surface area (Å²) in [5.74, 6) is 3.65. The summed E-state index contributed by atoms with van der Waals surface area (Å²) in [6, 6.07) is 34.6. The van der Waals surface area contributed by atoms with Crippen LogP contribution in [0.1, 0.15) is 98.6 Å². The predicted octanol–water partition coefficient (Wildman–Crippen LogP) is 12.8. The molecule has 0 aliphatic rings. The van der Waals surface area contributed by atoms with Crippen molar-refractivity contribution in [3.05, 3.63) is 142 Å². The van der Waals surface area contributed by atoms with Crippen LogP contribution in [0.5, 0.6) is 11.5 Å². The first-order valence-corrected chi connectivity index (χ1v) is 18.4. The van der Waals surface area contributed by atoms with Crippen molar-refractivity contribution in [1.82, 2.24) is 4.57 Å². The molecule has 0 unspecified atom stereocenters. The molecule has 51 heavy (non-hydrogen) atoms. The first kappa shape index (κ1) is 39.2. The van der Waals surface area contributed by atoms with Crippen molar-refractivity contribution in [2.75, 3.05) is 14.2 Å². The Morgan fingerprint density at radius 1 is 0.686 bits per heavy atom. The lowest BCUT2D eigenvalue weighted by molar-refractivity contribution is 0.0963. The number of nitrogens with zero attached hydrogens (tertiary/aromatic N) is 1. The Morgan fingerprint density at radius 3 is 1.80 bits per heavy atom. The fraction of sp³-hybridized carbons (Fsp3) is 0.326. The molecule has 0 aliphatic heterocycles. The fourth-order valence-corrected chi connectivity index (χ4v) is 6.38. The molecule has 0 atom stereocenters. The molecule has 6 aromatic rings. The zero-order valence-corrected chi connectivity index (χ0v) is 32.8. The summed E-state index contributed by atoms with van der Waals surface area (Å²) in [5, 5.41) is 4.20. The molecule has 6 rings (SSSR count). The summed E-state index contributed by atoms with van der Waals surface area (Å²) in [6.45, 7) is 17.5. The number of halogens is 1. The third kappa shape index (κ3) is 10.0. The number of fused-ring (bicyclic) bond motifs is 2. The molecule has 0 aliphatic carbocycles. The van der Waals surface area contributed by atoms with Crippen LogP contribution in [-0.4, -0.2) is 24.7 Å². The third-order valence-electron chi connectivity index (χ3n) is 9.22. The summed E-state index contributed by atoms with van der Waals surface area (Å²) in [4.78, 5) is 13.0. The standard InChI is InChI=1S/C19H18ClNO2.C14H16O.C13H20/c1-4-16-12(2)21(18-10-9-15(23-3)11-17(16)18)19(22)13-5-7-14(20)8-6-13;1-10(2)11-4-5-13-9-14(15-3)7-6-12(13)8-11;1-10(2)9-12-5-7-13(8-6-12)11(3)4/h5-11H,4H2,1-3H3;4-10H,1-3H3;5-8,10-11H,9H2,1-4H3. The van der Waals surface area contributed by atoms with E-state index in [1.807, 2.05) is 31.2 Å². The molecule has 5 heteroatoms. The van der Waals surface area contributed by atoms with Crippen LogP contribution in [0.4, 0.5) is 0 Å². The molecular formula is C46H54ClNO3. The van der Waals surface area contributed by atoms with Gasteiger partial charge in [-0.25, -0.2) is 0 Å². The number of aryl methyl sites for hydroxylation is 1. The van der Waals surface area contributed by atoms with Crippen molar-refractivity contribution in [3.63, 3.8) is 0 Å². The van der Waals surface area contributed by atoms with E-state index in [9.17, 15) is 4.79 Å². The van der Waals surface area contributed by atoms with Crippen molar-refractivity contribution < 1.29 is 14.3 Å². The highest BCUT2D eigenvalue weighted by Gasteiger charge is 2.19. The molecule has 0 bridgehead atoms. The van der Waals surface area contributed by atoms with Gasteiger partial charge in [-0.1, -0.05) is 109 Å². The number of hydrogen-bond acceptors (Lipinski definition) is 3. The van der Waals surface area contributed by atoms with Gasteiger partial charge < -0.3 is 9.47 Å². The Balaban J connectivity index is 0.000000181. The SMILES string of the molecule is CC(C)Cc1ccc(C(C)C)cc1.CCc1c(C)n(C(=O)c2ccc(Cl)cc2)c2ccc(OC)cc12.COc1ccc2cc(C(C)C)ccc2c1. The van der Waals surface area contributed by atoms with Crippen molar-refractivity contribution in [2.24, 2.45) is 5.92 Å². The van der Waals surface area contributed by atoms with Gasteiger partial charge in [0, 0.05) is 21.7 Å². The lowest BCUT2D eigenvalue weighted by atomic mass is 9.98. The van der Waals surface area contributed by atoms with Gasteiger partial charge in [-0.05, 0) is 125 Å². The summed E-state index contributed by atoms with van der Waals surface area (Å²) in [7, 11) is 3.35. The van der Waals surface area contributed by atoms with Gasteiger partial charge in [0.25, 0.3) is 5.91 Å². The minimum atomic E-state index is -0.0472. The number of benzene rings is 5. The molecule has 0 fully saturated rings. The van der Waals surface area contributed by atoms with E-state index in [1.54, 1.807) is 43.1 Å². The lowest BCUT2D eigenvalue weighted by Gasteiger charge is -2.08. The highest BCUT2D eigenvalue weighted by molar-refractivity contribution is 6.30. The molecule has 268 valence electrons. The summed E-state index contributed by atoms with van der Waals surface area (Å²) >= 11 is 5.92. The molecule has 1 heterocycles. The van der Waals surface area contributed by atoms with Crippen molar-refractivity contribution in [1.29, 1.82) is 0 Å². The second-order valence-electron chi connectivity index (χ2n) is 14.1. The Labute approximate surface area is 310 Å². The van der Waals surface area contributed by atoms with Gasteiger partial charge in [-0.2, -0.15) is 0 Å². The molecule has 5 aromatic carbocycles. The predicted molar refractivity (Wildman–Crippen MR) is 217 cm³/mol. The molecule has 0 amide bonds. The van der Waals surface area contributed by atoms with Crippen LogP contribution in [0.25, 0.3) is 21.7 Å². The van der Waals surface area contributed by atoms with E-state index in [0.717, 1.165) is 40.4 Å². The van der Waals surface area contributed by atoms with E-state index in [1.165, 1.54) is 39.4 Å². The second kappa shape index (κ2) is 18.1. The van der Waals surface area contributed by atoms with Gasteiger partial charge in [-0.3, -0.25) is 9.36 Å². The van der Waals surface area contributed by atoms with Crippen LogP contribution in [-0.2, 0) is 12.8 Å². The monoisotopic (exact) mass is 703 g/mol. The van der Waals surface area contributed by atoms with Gasteiger partial charge >= 0.3 is 0 Å². The van der Waals surface area contributed by atoms with Crippen LogP contribution in [0.2, 0.25) is 5.02 Å². The Bertz CT molecular complexity index is 2040. The van der Waals surface area contributed by atoms with Gasteiger partial charge in [0.2, 0.25) is 0 Å². The smallest absolute Gasteiger partial charge is 0.262 e. The average molecular weight is 704 g/mol. The number of carbonyl (C=O) groups excluding carboxylic acids is 1. The highest BCUT2D eigenvalue weighted by atomic mass is 35.5. The maximum Gasteiger partial charge on any atom is 0.262 e.